The van der Waals surface area contributed by atoms with E-state index in [9.17, 15) is 5.11 Å². The van der Waals surface area contributed by atoms with Gasteiger partial charge < -0.3 is 5.11 Å². The molecule has 0 radical (unpaired) electrons. The van der Waals surface area contributed by atoms with Gasteiger partial charge in [0, 0.05) is 16.7 Å². The van der Waals surface area contributed by atoms with Crippen molar-refractivity contribution in [2.24, 2.45) is 10.9 Å². The molecule has 1 fully saturated rings. The number of hydrogen-bond acceptors (Lipinski definition) is 4. The Labute approximate surface area is 192 Å². The van der Waals surface area contributed by atoms with E-state index in [1.165, 1.54) is 19.3 Å². The molecule has 2 aromatic heterocycles. The molecule has 6 heteroatoms. The van der Waals surface area contributed by atoms with Gasteiger partial charge in [-0.05, 0) is 62.9 Å². The molecule has 1 aromatic carbocycles. The largest absolute Gasteiger partial charge is 0.384 e. The molecule has 2 unspecified atom stereocenters. The Kier molecular flexibility index (Phi) is 6.20. The number of rotatable bonds is 7. The number of allylic oxidation sites excluding steroid dienone is 1. The quantitative estimate of drug-likeness (QED) is 0.402. The molecule has 2 atom stereocenters. The lowest BCUT2D eigenvalue weighted by atomic mass is 9.78. The average Bonchev–Trinajstić information content (AvgIpc) is 3.35. The van der Waals surface area contributed by atoms with Crippen LogP contribution in [0.1, 0.15) is 50.6 Å². The third-order valence-electron chi connectivity index (χ3n) is 5.92. The number of nitrogens with zero attached hydrogens (tertiary/aromatic N) is 3. The molecule has 1 N–H and O–H groups in total. The first-order valence-corrected chi connectivity index (χ1v) is 11.9. The molecular formula is C25H28ClN3OS. The minimum atomic E-state index is -1.06. The van der Waals surface area contributed by atoms with E-state index >= 15 is 0 Å². The molecule has 1 aliphatic carbocycles. The maximum Gasteiger partial charge on any atom is 0.103 e. The van der Waals surface area contributed by atoms with Gasteiger partial charge in [-0.2, -0.15) is 5.10 Å². The highest BCUT2D eigenvalue weighted by molar-refractivity contribution is 7.16. The highest BCUT2D eigenvalue weighted by Crippen LogP contribution is 2.37. The predicted octanol–water partition coefficient (Wildman–Crippen LogP) is 6.75. The molecular weight excluding hydrogens is 426 g/mol. The minimum Gasteiger partial charge on any atom is -0.384 e. The van der Waals surface area contributed by atoms with Crippen molar-refractivity contribution in [1.82, 2.24) is 9.78 Å². The van der Waals surface area contributed by atoms with Crippen molar-refractivity contribution < 1.29 is 5.11 Å². The van der Waals surface area contributed by atoms with E-state index in [1.54, 1.807) is 25.2 Å². The predicted molar refractivity (Wildman–Crippen MR) is 131 cm³/mol. The highest BCUT2D eigenvalue weighted by Gasteiger charge is 2.28. The van der Waals surface area contributed by atoms with Gasteiger partial charge >= 0.3 is 0 Å². The fourth-order valence-corrected chi connectivity index (χ4v) is 4.94. The SMILES string of the molecule is C=C(/C=N\C1CCC1CC)c1ccc(-c2cc(C(C)(C)O)nn2-c2ccccc2Cl)s1. The second-order valence-corrected chi connectivity index (χ2v) is 10.1. The normalized spacial score (nSPS) is 19.0. The Morgan fingerprint density at radius 2 is 2.10 bits per heavy atom. The topological polar surface area (TPSA) is 50.4 Å². The smallest absolute Gasteiger partial charge is 0.103 e. The standard InChI is InChI=1S/C25H28ClN3OS/c1-5-17-10-11-19(17)27-15-16(2)22-12-13-23(31-22)21-14-24(25(3,4)30)28-29(21)20-9-7-6-8-18(20)26/h6-9,12-15,17,19,30H,2,5,10-11H2,1,3-4H3/b27-15-. The molecule has 4 rings (SSSR count). The van der Waals surface area contributed by atoms with E-state index in [1.807, 2.05) is 41.2 Å². The second kappa shape index (κ2) is 8.73. The van der Waals surface area contributed by atoms with Crippen molar-refractivity contribution in [3.05, 3.63) is 64.6 Å². The summed E-state index contributed by atoms with van der Waals surface area (Å²) in [5.41, 5.74) is 2.12. The number of aliphatic hydroxyl groups is 1. The zero-order chi connectivity index (χ0) is 22.2. The van der Waals surface area contributed by atoms with Gasteiger partial charge in [0.05, 0.1) is 33.0 Å². The van der Waals surface area contributed by atoms with Gasteiger partial charge in [-0.1, -0.05) is 43.7 Å². The Morgan fingerprint density at radius 1 is 1.32 bits per heavy atom. The van der Waals surface area contributed by atoms with Crippen molar-refractivity contribution >= 4 is 34.7 Å². The molecule has 1 aliphatic rings. The van der Waals surface area contributed by atoms with Gasteiger partial charge in [0.2, 0.25) is 0 Å². The maximum absolute atomic E-state index is 10.5. The number of aromatic nitrogens is 2. The molecule has 0 aliphatic heterocycles. The number of hydrogen-bond donors (Lipinski definition) is 1. The molecule has 3 aromatic rings. The molecule has 162 valence electrons. The lowest BCUT2D eigenvalue weighted by molar-refractivity contribution is 0.0734. The van der Waals surface area contributed by atoms with Gasteiger partial charge in [-0.3, -0.25) is 4.99 Å². The van der Waals surface area contributed by atoms with Gasteiger partial charge in [0.1, 0.15) is 5.60 Å². The summed E-state index contributed by atoms with van der Waals surface area (Å²) in [7, 11) is 0. The van der Waals surface area contributed by atoms with Crippen LogP contribution in [0, 0.1) is 5.92 Å². The van der Waals surface area contributed by atoms with Crippen LogP contribution in [-0.2, 0) is 5.60 Å². The molecule has 0 spiro atoms. The van der Waals surface area contributed by atoms with Crippen LogP contribution in [0.3, 0.4) is 0 Å². The first-order chi connectivity index (χ1) is 14.8. The monoisotopic (exact) mass is 453 g/mol. The molecule has 0 amide bonds. The highest BCUT2D eigenvalue weighted by atomic mass is 35.5. The number of thiophene rings is 1. The van der Waals surface area contributed by atoms with Gasteiger partial charge in [0.25, 0.3) is 0 Å². The zero-order valence-electron chi connectivity index (χ0n) is 18.2. The lowest BCUT2D eigenvalue weighted by Gasteiger charge is -2.32. The van der Waals surface area contributed by atoms with Gasteiger partial charge in [0.15, 0.2) is 0 Å². The van der Waals surface area contributed by atoms with Crippen LogP contribution < -0.4 is 0 Å². The molecule has 4 nitrogen and oxygen atoms in total. The molecule has 1 saturated carbocycles. The zero-order valence-corrected chi connectivity index (χ0v) is 19.7. The van der Waals surface area contributed by atoms with Crippen LogP contribution in [-0.4, -0.2) is 27.1 Å². The van der Waals surface area contributed by atoms with Crippen LogP contribution in [0.15, 0.2) is 54.0 Å². The van der Waals surface area contributed by atoms with Crippen LogP contribution in [0.4, 0.5) is 0 Å². The summed E-state index contributed by atoms with van der Waals surface area (Å²) in [6, 6.07) is 14.1. The van der Waals surface area contributed by atoms with E-state index in [2.05, 4.69) is 30.7 Å². The number of halogens is 1. The molecule has 2 heterocycles. The summed E-state index contributed by atoms with van der Waals surface area (Å²) in [6.45, 7) is 9.93. The molecule has 31 heavy (non-hydrogen) atoms. The summed E-state index contributed by atoms with van der Waals surface area (Å²) < 4.78 is 1.81. The van der Waals surface area contributed by atoms with E-state index in [4.69, 9.17) is 16.6 Å². The second-order valence-electron chi connectivity index (χ2n) is 8.62. The summed E-state index contributed by atoms with van der Waals surface area (Å²) in [6.07, 6.45) is 5.57. The Bertz CT molecular complexity index is 1120. The average molecular weight is 454 g/mol. The van der Waals surface area contributed by atoms with Gasteiger partial charge in [-0.25, -0.2) is 4.68 Å². The van der Waals surface area contributed by atoms with E-state index in [0.29, 0.717) is 22.7 Å². The van der Waals surface area contributed by atoms with Crippen molar-refractivity contribution in [1.29, 1.82) is 0 Å². The summed E-state index contributed by atoms with van der Waals surface area (Å²) in [5.74, 6) is 0.716. The summed E-state index contributed by atoms with van der Waals surface area (Å²) in [4.78, 5) is 6.87. The van der Waals surface area contributed by atoms with E-state index < -0.39 is 5.60 Å². The van der Waals surface area contributed by atoms with Crippen LogP contribution in [0.2, 0.25) is 5.02 Å². The molecule has 0 saturated heterocycles. The van der Waals surface area contributed by atoms with Crippen LogP contribution in [0.5, 0.6) is 0 Å². The van der Waals surface area contributed by atoms with Crippen LogP contribution >= 0.6 is 22.9 Å². The van der Waals surface area contributed by atoms with E-state index in [-0.39, 0.29) is 0 Å². The number of aliphatic imine (C=N–C) groups is 1. The first kappa shape index (κ1) is 22.0. The lowest BCUT2D eigenvalue weighted by Crippen LogP contribution is -2.29. The Morgan fingerprint density at radius 3 is 2.74 bits per heavy atom. The Balaban J connectivity index is 1.66. The van der Waals surface area contributed by atoms with Crippen molar-refractivity contribution in [2.75, 3.05) is 0 Å². The Hall–Kier alpha value is -2.21. The summed E-state index contributed by atoms with van der Waals surface area (Å²) >= 11 is 8.10. The number of benzene rings is 1. The third-order valence-corrected chi connectivity index (χ3v) is 7.42. The first-order valence-electron chi connectivity index (χ1n) is 10.7. The number of para-hydroxylation sites is 1. The van der Waals surface area contributed by atoms with Crippen LogP contribution in [0.25, 0.3) is 21.8 Å². The summed E-state index contributed by atoms with van der Waals surface area (Å²) in [5, 5.41) is 15.8. The van der Waals surface area contributed by atoms with Crippen molar-refractivity contribution in [2.45, 2.75) is 51.7 Å². The minimum absolute atomic E-state index is 0.442. The maximum atomic E-state index is 10.5. The van der Waals surface area contributed by atoms with Crippen molar-refractivity contribution in [3.63, 3.8) is 0 Å². The fourth-order valence-electron chi connectivity index (χ4n) is 3.78. The van der Waals surface area contributed by atoms with E-state index in [0.717, 1.165) is 26.7 Å². The van der Waals surface area contributed by atoms with Crippen molar-refractivity contribution in [3.8, 4) is 16.3 Å². The van der Waals surface area contributed by atoms with Gasteiger partial charge in [-0.15, -0.1) is 11.3 Å². The third kappa shape index (κ3) is 4.54. The fraction of sp³-hybridized carbons (Fsp3) is 0.360. The molecule has 0 bridgehead atoms.